The van der Waals surface area contributed by atoms with Gasteiger partial charge < -0.3 is 14.7 Å². The summed E-state index contributed by atoms with van der Waals surface area (Å²) in [6.45, 7) is 3.84. The van der Waals surface area contributed by atoms with Crippen LogP contribution in [-0.4, -0.2) is 30.3 Å². The fraction of sp³-hybridized carbons (Fsp3) is 0.316. The first-order chi connectivity index (χ1) is 11.1. The van der Waals surface area contributed by atoms with Crippen LogP contribution in [0.2, 0.25) is 0 Å². The lowest BCUT2D eigenvalue weighted by molar-refractivity contribution is 0.0697. The highest BCUT2D eigenvalue weighted by Crippen LogP contribution is 2.31. The predicted octanol–water partition coefficient (Wildman–Crippen LogP) is 3.60. The maximum Gasteiger partial charge on any atom is 0.335 e. The zero-order chi connectivity index (χ0) is 16.2. The molecule has 4 nitrogen and oxygen atoms in total. The number of carboxylic acids is 1. The molecule has 0 amide bonds. The number of benzene rings is 2. The molecule has 2 aromatic carbocycles. The number of para-hydroxylation sites is 1. The van der Waals surface area contributed by atoms with E-state index in [1.54, 1.807) is 24.3 Å². The molecule has 120 valence electrons. The van der Waals surface area contributed by atoms with E-state index in [0.717, 1.165) is 19.4 Å². The van der Waals surface area contributed by atoms with Crippen LogP contribution in [0.4, 0.5) is 5.69 Å². The molecule has 4 heteroatoms. The molecule has 1 aliphatic rings. The SMILES string of the molecule is CC1Cc2ccccc2N1CCCOc1ccc(C(=O)O)cc1. The Morgan fingerprint density at radius 2 is 1.96 bits per heavy atom. The number of rotatable bonds is 6. The maximum atomic E-state index is 10.8. The lowest BCUT2D eigenvalue weighted by Gasteiger charge is -2.24. The van der Waals surface area contributed by atoms with Crippen LogP contribution < -0.4 is 9.64 Å². The smallest absolute Gasteiger partial charge is 0.335 e. The highest BCUT2D eigenvalue weighted by Gasteiger charge is 2.24. The third-order valence-corrected chi connectivity index (χ3v) is 4.26. The van der Waals surface area contributed by atoms with Crippen molar-refractivity contribution in [3.8, 4) is 5.75 Å². The lowest BCUT2D eigenvalue weighted by atomic mass is 10.1. The standard InChI is InChI=1S/C19H21NO3/c1-14-13-16-5-2-3-6-18(16)20(14)11-4-12-23-17-9-7-15(8-10-17)19(21)22/h2-3,5-10,14H,4,11-13H2,1H3,(H,21,22). The molecule has 0 bridgehead atoms. The van der Waals surface area contributed by atoms with Gasteiger partial charge in [-0.25, -0.2) is 4.79 Å². The van der Waals surface area contributed by atoms with Crippen LogP contribution in [0.25, 0.3) is 0 Å². The first-order valence-corrected chi connectivity index (χ1v) is 7.96. The van der Waals surface area contributed by atoms with E-state index in [1.165, 1.54) is 11.3 Å². The molecule has 0 saturated heterocycles. The van der Waals surface area contributed by atoms with Crippen molar-refractivity contribution in [3.05, 3.63) is 59.7 Å². The second kappa shape index (κ2) is 6.73. The van der Waals surface area contributed by atoms with Gasteiger partial charge in [0.1, 0.15) is 5.75 Å². The van der Waals surface area contributed by atoms with Gasteiger partial charge in [0.05, 0.1) is 12.2 Å². The van der Waals surface area contributed by atoms with Crippen molar-refractivity contribution >= 4 is 11.7 Å². The summed E-state index contributed by atoms with van der Waals surface area (Å²) in [6, 6.07) is 15.6. The van der Waals surface area contributed by atoms with Gasteiger partial charge in [0.2, 0.25) is 0 Å². The third kappa shape index (κ3) is 3.47. The van der Waals surface area contributed by atoms with E-state index in [1.807, 2.05) is 0 Å². The van der Waals surface area contributed by atoms with Crippen molar-refractivity contribution in [3.63, 3.8) is 0 Å². The zero-order valence-electron chi connectivity index (χ0n) is 13.2. The second-order valence-corrected chi connectivity index (χ2v) is 5.91. The van der Waals surface area contributed by atoms with E-state index >= 15 is 0 Å². The predicted molar refractivity (Wildman–Crippen MR) is 90.5 cm³/mol. The van der Waals surface area contributed by atoms with Crippen molar-refractivity contribution in [1.82, 2.24) is 0 Å². The van der Waals surface area contributed by atoms with E-state index in [0.29, 0.717) is 18.4 Å². The van der Waals surface area contributed by atoms with Crippen molar-refractivity contribution in [2.45, 2.75) is 25.8 Å². The number of carboxylic acid groups (broad SMARTS) is 1. The molecule has 1 unspecified atom stereocenters. The van der Waals surface area contributed by atoms with Crippen LogP contribution in [0.5, 0.6) is 5.75 Å². The highest BCUT2D eigenvalue weighted by molar-refractivity contribution is 5.87. The van der Waals surface area contributed by atoms with Crippen LogP contribution in [0.3, 0.4) is 0 Å². The number of fused-ring (bicyclic) bond motifs is 1. The molecular weight excluding hydrogens is 290 g/mol. The Morgan fingerprint density at radius 3 is 2.70 bits per heavy atom. The number of nitrogens with zero attached hydrogens (tertiary/aromatic N) is 1. The van der Waals surface area contributed by atoms with Crippen molar-refractivity contribution in [1.29, 1.82) is 0 Å². The van der Waals surface area contributed by atoms with Gasteiger partial charge in [-0.15, -0.1) is 0 Å². The van der Waals surface area contributed by atoms with E-state index in [-0.39, 0.29) is 5.56 Å². The van der Waals surface area contributed by atoms with E-state index in [4.69, 9.17) is 9.84 Å². The molecular formula is C19H21NO3. The number of carbonyl (C=O) groups is 1. The van der Waals surface area contributed by atoms with E-state index < -0.39 is 5.97 Å². The topological polar surface area (TPSA) is 49.8 Å². The molecule has 0 saturated carbocycles. The summed E-state index contributed by atoms with van der Waals surface area (Å²) in [4.78, 5) is 13.2. The quantitative estimate of drug-likeness (QED) is 0.828. The molecule has 0 aromatic heterocycles. The molecule has 0 spiro atoms. The van der Waals surface area contributed by atoms with Crippen molar-refractivity contribution in [2.75, 3.05) is 18.1 Å². The third-order valence-electron chi connectivity index (χ3n) is 4.26. The average Bonchev–Trinajstić information content (AvgIpc) is 2.87. The van der Waals surface area contributed by atoms with Crippen LogP contribution >= 0.6 is 0 Å². The van der Waals surface area contributed by atoms with Crippen LogP contribution in [0.1, 0.15) is 29.3 Å². The van der Waals surface area contributed by atoms with Gasteiger partial charge in [-0.2, -0.15) is 0 Å². The Bertz CT molecular complexity index is 681. The zero-order valence-corrected chi connectivity index (χ0v) is 13.2. The Balaban J connectivity index is 1.49. The van der Waals surface area contributed by atoms with Gasteiger partial charge >= 0.3 is 5.97 Å². The summed E-state index contributed by atoms with van der Waals surface area (Å²) in [5, 5.41) is 8.87. The van der Waals surface area contributed by atoms with Gasteiger partial charge in [0.25, 0.3) is 0 Å². The average molecular weight is 311 g/mol. The molecule has 2 aromatic rings. The van der Waals surface area contributed by atoms with Crippen LogP contribution in [-0.2, 0) is 6.42 Å². The fourth-order valence-electron chi connectivity index (χ4n) is 3.09. The monoisotopic (exact) mass is 311 g/mol. The molecule has 1 heterocycles. The molecule has 1 atom stereocenters. The largest absolute Gasteiger partial charge is 0.494 e. The van der Waals surface area contributed by atoms with Crippen LogP contribution in [0, 0.1) is 0 Å². The molecule has 1 N–H and O–H groups in total. The number of aromatic carboxylic acids is 1. The normalized spacial score (nSPS) is 16.2. The summed E-state index contributed by atoms with van der Waals surface area (Å²) in [6.07, 6.45) is 2.03. The minimum absolute atomic E-state index is 0.278. The van der Waals surface area contributed by atoms with Gasteiger partial charge in [0, 0.05) is 18.3 Å². The summed E-state index contributed by atoms with van der Waals surface area (Å²) in [5.41, 5.74) is 3.04. The van der Waals surface area contributed by atoms with E-state index in [9.17, 15) is 4.79 Å². The lowest BCUT2D eigenvalue weighted by Crippen LogP contribution is -2.31. The summed E-state index contributed by atoms with van der Waals surface area (Å²) in [7, 11) is 0. The van der Waals surface area contributed by atoms with Crippen LogP contribution in [0.15, 0.2) is 48.5 Å². The van der Waals surface area contributed by atoms with E-state index in [2.05, 4.69) is 36.1 Å². The van der Waals surface area contributed by atoms with Gasteiger partial charge in [-0.1, -0.05) is 18.2 Å². The first kappa shape index (κ1) is 15.4. The summed E-state index contributed by atoms with van der Waals surface area (Å²) in [5.74, 6) is -0.205. The Hall–Kier alpha value is -2.49. The fourth-order valence-corrected chi connectivity index (χ4v) is 3.09. The number of hydrogen-bond donors (Lipinski definition) is 1. The second-order valence-electron chi connectivity index (χ2n) is 5.91. The minimum Gasteiger partial charge on any atom is -0.494 e. The Labute approximate surface area is 136 Å². The molecule has 23 heavy (non-hydrogen) atoms. The van der Waals surface area contributed by atoms with Gasteiger partial charge in [-0.3, -0.25) is 0 Å². The maximum absolute atomic E-state index is 10.8. The Kier molecular flexibility index (Phi) is 4.51. The summed E-state index contributed by atoms with van der Waals surface area (Å²) >= 11 is 0. The van der Waals surface area contributed by atoms with Crippen molar-refractivity contribution in [2.24, 2.45) is 0 Å². The molecule has 0 aliphatic carbocycles. The van der Waals surface area contributed by atoms with Gasteiger partial charge in [-0.05, 0) is 55.7 Å². The molecule has 1 aliphatic heterocycles. The Morgan fingerprint density at radius 1 is 1.22 bits per heavy atom. The molecule has 0 radical (unpaired) electrons. The number of ether oxygens (including phenoxy) is 1. The number of hydrogen-bond acceptors (Lipinski definition) is 3. The number of anilines is 1. The highest BCUT2D eigenvalue weighted by atomic mass is 16.5. The molecule has 0 fully saturated rings. The first-order valence-electron chi connectivity index (χ1n) is 7.96. The van der Waals surface area contributed by atoms with Crippen molar-refractivity contribution < 1.29 is 14.6 Å². The van der Waals surface area contributed by atoms with Gasteiger partial charge in [0.15, 0.2) is 0 Å². The minimum atomic E-state index is -0.918. The summed E-state index contributed by atoms with van der Waals surface area (Å²) < 4.78 is 5.70. The molecule has 3 rings (SSSR count).